The molecular weight excluding hydrogens is 273 g/mol. The summed E-state index contributed by atoms with van der Waals surface area (Å²) in [5, 5.41) is 0. The number of amides is 1. The second-order valence-corrected chi connectivity index (χ2v) is 4.46. The summed E-state index contributed by atoms with van der Waals surface area (Å²) in [5.41, 5.74) is -0.368. The van der Waals surface area contributed by atoms with Crippen LogP contribution in [0, 0.1) is 0 Å². The largest absolute Gasteiger partial charge is 0.406 e. The molecule has 0 radical (unpaired) electrons. The van der Waals surface area contributed by atoms with E-state index in [4.69, 9.17) is 0 Å². The zero-order chi connectivity index (χ0) is 15.3. The van der Waals surface area contributed by atoms with Crippen LogP contribution in [0.4, 0.5) is 13.2 Å². The van der Waals surface area contributed by atoms with Gasteiger partial charge in [-0.05, 0) is 18.9 Å². The zero-order valence-electron chi connectivity index (χ0n) is 11.3. The molecule has 0 spiro atoms. The minimum Gasteiger partial charge on any atom is -0.328 e. The van der Waals surface area contributed by atoms with Gasteiger partial charge in [0.05, 0.1) is 5.56 Å². The summed E-state index contributed by atoms with van der Waals surface area (Å²) in [7, 11) is 0. The predicted octanol–water partition coefficient (Wildman–Crippen LogP) is 2.57. The second-order valence-electron chi connectivity index (χ2n) is 4.46. The number of alkyl halides is 3. The molecule has 1 rings (SSSR count). The van der Waals surface area contributed by atoms with Crippen LogP contribution in [0.3, 0.4) is 0 Å². The van der Waals surface area contributed by atoms with Gasteiger partial charge in [0.1, 0.15) is 6.54 Å². The van der Waals surface area contributed by atoms with Gasteiger partial charge < -0.3 is 9.88 Å². The van der Waals surface area contributed by atoms with E-state index >= 15 is 0 Å². The molecule has 112 valence electrons. The number of nitrogens with zero attached hydrogens (tertiary/aromatic N) is 1. The average Bonchev–Trinajstić information content (AvgIpc) is 2.37. The first kappa shape index (κ1) is 16.3. The first-order valence-corrected chi connectivity index (χ1v) is 6.35. The molecule has 0 aliphatic carbocycles. The molecule has 0 aromatic carbocycles. The van der Waals surface area contributed by atoms with Gasteiger partial charge in [-0.2, -0.15) is 13.2 Å². The lowest BCUT2D eigenvalue weighted by atomic mass is 10.1. The van der Waals surface area contributed by atoms with Gasteiger partial charge >= 0.3 is 6.18 Å². The maximum Gasteiger partial charge on any atom is 0.406 e. The van der Waals surface area contributed by atoms with Crippen molar-refractivity contribution in [2.75, 3.05) is 6.54 Å². The lowest BCUT2D eigenvalue weighted by Gasteiger charge is -2.31. The van der Waals surface area contributed by atoms with Crippen molar-refractivity contribution < 1.29 is 18.0 Å². The van der Waals surface area contributed by atoms with E-state index in [0.29, 0.717) is 12.8 Å². The van der Waals surface area contributed by atoms with Gasteiger partial charge in [-0.25, -0.2) is 0 Å². The van der Waals surface area contributed by atoms with Crippen molar-refractivity contribution in [1.82, 2.24) is 9.88 Å². The van der Waals surface area contributed by atoms with Crippen LogP contribution < -0.4 is 5.56 Å². The number of rotatable bonds is 5. The fourth-order valence-electron chi connectivity index (χ4n) is 2.00. The number of carbonyl (C=O) groups excluding carboxylic acids is 1. The Labute approximate surface area is 114 Å². The molecule has 0 atom stereocenters. The quantitative estimate of drug-likeness (QED) is 0.906. The van der Waals surface area contributed by atoms with Gasteiger partial charge in [-0.15, -0.1) is 0 Å². The molecule has 1 aromatic heterocycles. The third-order valence-electron chi connectivity index (χ3n) is 3.02. The van der Waals surface area contributed by atoms with Crippen LogP contribution in [0.2, 0.25) is 0 Å². The maximum absolute atomic E-state index is 12.6. The molecule has 20 heavy (non-hydrogen) atoms. The van der Waals surface area contributed by atoms with E-state index in [1.807, 2.05) is 0 Å². The molecule has 0 saturated carbocycles. The van der Waals surface area contributed by atoms with Crippen molar-refractivity contribution in [2.24, 2.45) is 0 Å². The molecule has 1 N–H and O–H groups in total. The highest BCUT2D eigenvalue weighted by Gasteiger charge is 2.35. The Hall–Kier alpha value is -1.79. The summed E-state index contributed by atoms with van der Waals surface area (Å²) in [6.07, 6.45) is -2.46. The van der Waals surface area contributed by atoms with Crippen LogP contribution in [-0.4, -0.2) is 34.6 Å². The monoisotopic (exact) mass is 290 g/mol. The first-order valence-electron chi connectivity index (χ1n) is 6.35. The number of aromatic amines is 1. The first-order chi connectivity index (χ1) is 9.28. The molecule has 1 heterocycles. The Kier molecular flexibility index (Phi) is 5.35. The minimum absolute atomic E-state index is 0.0424. The normalized spacial score (nSPS) is 11.7. The van der Waals surface area contributed by atoms with Gasteiger partial charge in [0.25, 0.3) is 5.91 Å². The highest BCUT2D eigenvalue weighted by molar-refractivity contribution is 5.94. The van der Waals surface area contributed by atoms with Gasteiger partial charge in [-0.3, -0.25) is 9.59 Å². The summed E-state index contributed by atoms with van der Waals surface area (Å²) in [4.78, 5) is 26.2. The Morgan fingerprint density at radius 2 is 1.90 bits per heavy atom. The van der Waals surface area contributed by atoms with E-state index in [9.17, 15) is 22.8 Å². The summed E-state index contributed by atoms with van der Waals surface area (Å²) < 4.78 is 37.9. The van der Waals surface area contributed by atoms with E-state index in [1.165, 1.54) is 6.07 Å². The van der Waals surface area contributed by atoms with E-state index in [-0.39, 0.29) is 5.56 Å². The number of H-pyrrole nitrogens is 1. The molecule has 7 heteroatoms. The van der Waals surface area contributed by atoms with E-state index in [1.54, 1.807) is 13.8 Å². The van der Waals surface area contributed by atoms with Gasteiger partial charge in [-0.1, -0.05) is 13.8 Å². The molecule has 0 saturated heterocycles. The predicted molar refractivity (Wildman–Crippen MR) is 68.5 cm³/mol. The Bertz CT molecular complexity index is 487. The summed E-state index contributed by atoms with van der Waals surface area (Å²) in [6.45, 7) is 2.17. The maximum atomic E-state index is 12.6. The third kappa shape index (κ3) is 4.40. The molecule has 4 nitrogen and oxygen atoms in total. The van der Waals surface area contributed by atoms with E-state index in [0.717, 1.165) is 17.2 Å². The van der Waals surface area contributed by atoms with Crippen LogP contribution >= 0.6 is 0 Å². The van der Waals surface area contributed by atoms with Crippen LogP contribution in [0.5, 0.6) is 0 Å². The highest BCUT2D eigenvalue weighted by Crippen LogP contribution is 2.22. The zero-order valence-corrected chi connectivity index (χ0v) is 11.3. The number of halogens is 3. The summed E-state index contributed by atoms with van der Waals surface area (Å²) in [5.74, 6) is -0.729. The van der Waals surface area contributed by atoms with Crippen LogP contribution in [0.25, 0.3) is 0 Å². The third-order valence-corrected chi connectivity index (χ3v) is 3.02. The van der Waals surface area contributed by atoms with Crippen molar-refractivity contribution >= 4 is 5.91 Å². The number of hydrogen-bond donors (Lipinski definition) is 1. The van der Waals surface area contributed by atoms with Crippen LogP contribution in [0.1, 0.15) is 37.0 Å². The molecule has 1 aromatic rings. The average molecular weight is 290 g/mol. The van der Waals surface area contributed by atoms with E-state index < -0.39 is 30.2 Å². The minimum atomic E-state index is -4.46. The number of aromatic nitrogens is 1. The lowest BCUT2D eigenvalue weighted by Crippen LogP contribution is -2.45. The second kappa shape index (κ2) is 6.58. The van der Waals surface area contributed by atoms with Crippen molar-refractivity contribution in [3.8, 4) is 0 Å². The van der Waals surface area contributed by atoms with Crippen LogP contribution in [-0.2, 0) is 0 Å². The number of carbonyl (C=O) groups is 1. The molecular formula is C13H17F3N2O2. The van der Waals surface area contributed by atoms with Crippen molar-refractivity contribution in [3.63, 3.8) is 0 Å². The van der Waals surface area contributed by atoms with Gasteiger partial charge in [0.15, 0.2) is 0 Å². The number of pyridine rings is 1. The van der Waals surface area contributed by atoms with Crippen LogP contribution in [0.15, 0.2) is 23.1 Å². The van der Waals surface area contributed by atoms with Crippen molar-refractivity contribution in [3.05, 3.63) is 34.2 Å². The van der Waals surface area contributed by atoms with Crippen molar-refractivity contribution in [2.45, 2.75) is 38.9 Å². The summed E-state index contributed by atoms with van der Waals surface area (Å²) in [6, 6.07) is 1.86. The fraction of sp³-hybridized carbons (Fsp3) is 0.538. The lowest BCUT2D eigenvalue weighted by molar-refractivity contribution is -0.144. The van der Waals surface area contributed by atoms with Gasteiger partial charge in [0, 0.05) is 18.3 Å². The molecule has 0 aliphatic heterocycles. The highest BCUT2D eigenvalue weighted by atomic mass is 19.4. The number of hydrogen-bond acceptors (Lipinski definition) is 2. The molecule has 0 fully saturated rings. The summed E-state index contributed by atoms with van der Waals surface area (Å²) >= 11 is 0. The van der Waals surface area contributed by atoms with Crippen molar-refractivity contribution in [1.29, 1.82) is 0 Å². The van der Waals surface area contributed by atoms with Gasteiger partial charge in [0.2, 0.25) is 5.56 Å². The molecule has 0 unspecified atom stereocenters. The standard InChI is InChI=1S/C13H17F3N2O2/c1-3-10(4-2)18(8-13(14,15)16)12(20)9-5-6-11(19)17-7-9/h5-7,10H,3-4,8H2,1-2H3,(H,17,19). The Balaban J connectivity index is 3.05. The van der Waals surface area contributed by atoms with E-state index in [2.05, 4.69) is 4.98 Å². The molecule has 0 aliphatic rings. The topological polar surface area (TPSA) is 53.2 Å². The Morgan fingerprint density at radius 3 is 2.30 bits per heavy atom. The SMILES string of the molecule is CCC(CC)N(CC(F)(F)F)C(=O)c1ccc(=O)[nH]c1. The molecule has 0 bridgehead atoms. The Morgan fingerprint density at radius 1 is 1.30 bits per heavy atom. The number of nitrogens with one attached hydrogen (secondary N) is 1. The molecule has 1 amide bonds. The fourth-order valence-corrected chi connectivity index (χ4v) is 2.00. The smallest absolute Gasteiger partial charge is 0.328 e.